The summed E-state index contributed by atoms with van der Waals surface area (Å²) in [4.78, 5) is 35.5. The average molecular weight is 261 g/mol. The summed E-state index contributed by atoms with van der Waals surface area (Å²) in [5.74, 6) is -0.560. The standard InChI is InChI=1S/C12H18N2O3.Na/c1-4-8-5-6(2)7(3)12(8)9(15)13-11(17)14-10(12)16;/h6-8H,4-5H2,1-3H3,(H2,13,14,15,16,17);/q;+1. The van der Waals surface area contributed by atoms with E-state index in [9.17, 15) is 14.4 Å². The average Bonchev–Trinajstić information content (AvgIpc) is 2.50. The van der Waals surface area contributed by atoms with E-state index in [2.05, 4.69) is 17.6 Å². The van der Waals surface area contributed by atoms with Gasteiger partial charge < -0.3 is 0 Å². The molecule has 1 saturated heterocycles. The molecule has 0 aromatic heterocycles. The normalized spacial score (nSPS) is 33.9. The second-order valence-corrected chi connectivity index (χ2v) is 5.21. The third-order valence-electron chi connectivity index (χ3n) is 4.57. The van der Waals surface area contributed by atoms with Gasteiger partial charge in [-0.2, -0.15) is 0 Å². The van der Waals surface area contributed by atoms with Crippen LogP contribution in [0, 0.1) is 23.2 Å². The van der Waals surface area contributed by atoms with Gasteiger partial charge in [-0.15, -0.1) is 0 Å². The Balaban J connectivity index is 0.00000162. The van der Waals surface area contributed by atoms with Gasteiger partial charge in [-0.25, -0.2) is 4.79 Å². The molecule has 2 aliphatic rings. The van der Waals surface area contributed by atoms with Gasteiger partial charge in [0.1, 0.15) is 5.41 Å². The van der Waals surface area contributed by atoms with Crippen LogP contribution in [0.4, 0.5) is 4.79 Å². The number of rotatable bonds is 1. The van der Waals surface area contributed by atoms with Gasteiger partial charge in [0.15, 0.2) is 0 Å². The minimum absolute atomic E-state index is 0. The largest absolute Gasteiger partial charge is 1.00 e. The van der Waals surface area contributed by atoms with Crippen LogP contribution in [0.5, 0.6) is 0 Å². The minimum atomic E-state index is -1.05. The zero-order chi connectivity index (χ0) is 12.8. The summed E-state index contributed by atoms with van der Waals surface area (Å²) in [6, 6.07) is -0.702. The van der Waals surface area contributed by atoms with E-state index in [1.165, 1.54) is 0 Å². The first kappa shape index (κ1) is 15.7. The molecule has 2 fully saturated rings. The van der Waals surface area contributed by atoms with Gasteiger partial charge in [-0.05, 0) is 24.2 Å². The summed E-state index contributed by atoms with van der Waals surface area (Å²) in [6.07, 6.45) is 1.62. The Labute approximate surface area is 129 Å². The summed E-state index contributed by atoms with van der Waals surface area (Å²) in [5.41, 5.74) is -1.05. The Morgan fingerprint density at radius 3 is 2.11 bits per heavy atom. The van der Waals surface area contributed by atoms with Gasteiger partial charge in [0, 0.05) is 0 Å². The van der Waals surface area contributed by atoms with Crippen molar-refractivity contribution in [2.24, 2.45) is 23.2 Å². The third-order valence-corrected chi connectivity index (χ3v) is 4.57. The second kappa shape index (κ2) is 5.31. The van der Waals surface area contributed by atoms with E-state index in [1.807, 2.05) is 13.8 Å². The number of hydrogen-bond acceptors (Lipinski definition) is 3. The van der Waals surface area contributed by atoms with Crippen LogP contribution in [0.3, 0.4) is 0 Å². The SMILES string of the molecule is CCC1CC(C)C(C)C12C(=O)NC(=O)NC2=O.[Na+]. The predicted molar refractivity (Wildman–Crippen MR) is 60.8 cm³/mol. The van der Waals surface area contributed by atoms with E-state index in [4.69, 9.17) is 0 Å². The molecular weight excluding hydrogens is 243 g/mol. The van der Waals surface area contributed by atoms with E-state index >= 15 is 0 Å². The molecule has 4 amide bonds. The molecule has 3 atom stereocenters. The number of hydrogen-bond donors (Lipinski definition) is 2. The van der Waals surface area contributed by atoms with Crippen LogP contribution in [-0.4, -0.2) is 17.8 Å². The monoisotopic (exact) mass is 261 g/mol. The van der Waals surface area contributed by atoms with Gasteiger partial charge in [0.25, 0.3) is 0 Å². The van der Waals surface area contributed by atoms with Gasteiger partial charge in [-0.1, -0.05) is 27.2 Å². The fourth-order valence-corrected chi connectivity index (χ4v) is 3.48. The number of carbonyl (C=O) groups is 3. The summed E-state index contributed by atoms with van der Waals surface area (Å²) in [7, 11) is 0. The zero-order valence-electron chi connectivity index (χ0n) is 11.4. The van der Waals surface area contributed by atoms with Crippen molar-refractivity contribution in [1.29, 1.82) is 0 Å². The van der Waals surface area contributed by atoms with E-state index < -0.39 is 23.3 Å². The van der Waals surface area contributed by atoms with Gasteiger partial charge in [-0.3, -0.25) is 20.2 Å². The Bertz CT molecular complexity index is 377. The first-order valence-corrected chi connectivity index (χ1v) is 6.11. The maximum atomic E-state index is 12.2. The maximum Gasteiger partial charge on any atom is 1.00 e. The first-order valence-electron chi connectivity index (χ1n) is 6.11. The molecule has 1 saturated carbocycles. The molecule has 1 heterocycles. The van der Waals surface area contributed by atoms with E-state index in [1.54, 1.807) is 0 Å². The fraction of sp³-hybridized carbons (Fsp3) is 0.750. The van der Waals surface area contributed by atoms with Crippen LogP contribution >= 0.6 is 0 Å². The Morgan fingerprint density at radius 2 is 1.67 bits per heavy atom. The van der Waals surface area contributed by atoms with Crippen LogP contribution in [-0.2, 0) is 9.59 Å². The number of amides is 4. The molecule has 1 aliphatic carbocycles. The molecule has 1 aliphatic heterocycles. The second-order valence-electron chi connectivity index (χ2n) is 5.21. The third kappa shape index (κ3) is 1.92. The molecule has 5 nitrogen and oxygen atoms in total. The van der Waals surface area contributed by atoms with Crippen LogP contribution < -0.4 is 40.2 Å². The van der Waals surface area contributed by atoms with Crippen molar-refractivity contribution in [2.75, 3.05) is 0 Å². The quantitative estimate of drug-likeness (QED) is 0.425. The fourth-order valence-electron chi connectivity index (χ4n) is 3.48. The number of barbiturate groups is 1. The molecule has 18 heavy (non-hydrogen) atoms. The van der Waals surface area contributed by atoms with Crippen molar-refractivity contribution in [2.45, 2.75) is 33.6 Å². The summed E-state index contributed by atoms with van der Waals surface area (Å²) < 4.78 is 0. The minimum Gasteiger partial charge on any atom is -0.277 e. The maximum absolute atomic E-state index is 12.2. The molecule has 2 N–H and O–H groups in total. The molecule has 0 radical (unpaired) electrons. The Morgan fingerprint density at radius 1 is 1.17 bits per heavy atom. The van der Waals surface area contributed by atoms with Crippen molar-refractivity contribution in [1.82, 2.24) is 10.6 Å². The van der Waals surface area contributed by atoms with Crippen molar-refractivity contribution in [3.05, 3.63) is 0 Å². The predicted octanol–water partition coefficient (Wildman–Crippen LogP) is -1.96. The molecule has 3 unspecified atom stereocenters. The number of carbonyl (C=O) groups excluding carboxylic acids is 3. The Hall–Kier alpha value is -0.390. The topological polar surface area (TPSA) is 75.3 Å². The van der Waals surface area contributed by atoms with Crippen molar-refractivity contribution in [3.8, 4) is 0 Å². The van der Waals surface area contributed by atoms with E-state index in [-0.39, 0.29) is 41.4 Å². The zero-order valence-corrected chi connectivity index (χ0v) is 13.4. The van der Waals surface area contributed by atoms with Crippen LogP contribution in [0.25, 0.3) is 0 Å². The number of urea groups is 1. The van der Waals surface area contributed by atoms with Crippen LogP contribution in [0.1, 0.15) is 33.6 Å². The van der Waals surface area contributed by atoms with Crippen LogP contribution in [0.2, 0.25) is 0 Å². The molecular formula is C12H18N2NaO3+. The molecule has 0 aromatic carbocycles. The smallest absolute Gasteiger partial charge is 0.277 e. The van der Waals surface area contributed by atoms with Gasteiger partial charge >= 0.3 is 35.6 Å². The first-order chi connectivity index (χ1) is 7.94. The number of imide groups is 2. The molecule has 0 bridgehead atoms. The van der Waals surface area contributed by atoms with Gasteiger partial charge in [0.05, 0.1) is 0 Å². The van der Waals surface area contributed by atoms with Crippen molar-refractivity contribution in [3.63, 3.8) is 0 Å². The molecule has 0 aromatic rings. The molecule has 6 heteroatoms. The van der Waals surface area contributed by atoms with Gasteiger partial charge in [0.2, 0.25) is 11.8 Å². The molecule has 1 spiro atoms. The molecule has 2 rings (SSSR count). The van der Waals surface area contributed by atoms with Crippen LogP contribution in [0.15, 0.2) is 0 Å². The van der Waals surface area contributed by atoms with Crippen molar-refractivity contribution < 1.29 is 43.9 Å². The summed E-state index contributed by atoms with van der Waals surface area (Å²) >= 11 is 0. The van der Waals surface area contributed by atoms with E-state index in [0.29, 0.717) is 5.92 Å². The summed E-state index contributed by atoms with van der Waals surface area (Å²) in [5, 5.41) is 4.50. The Kier molecular flexibility index (Phi) is 4.62. The summed E-state index contributed by atoms with van der Waals surface area (Å²) in [6.45, 7) is 5.96. The van der Waals surface area contributed by atoms with E-state index in [0.717, 1.165) is 12.8 Å². The van der Waals surface area contributed by atoms with Crippen molar-refractivity contribution >= 4 is 17.8 Å². The number of nitrogens with one attached hydrogen (secondary N) is 2. The molecule has 94 valence electrons.